The molecule has 2 fully saturated rings. The predicted octanol–water partition coefficient (Wildman–Crippen LogP) is 4.57. The van der Waals surface area contributed by atoms with Crippen LogP contribution in [0.25, 0.3) is 0 Å². The van der Waals surface area contributed by atoms with Crippen LogP contribution in [-0.2, 0) is 18.8 Å². The van der Waals surface area contributed by atoms with Gasteiger partial charge in [0.1, 0.15) is 12.4 Å². The number of Topliss-reactive ketones (excluding diaryl/α,β-unsaturated/α-hetero) is 1. The summed E-state index contributed by atoms with van der Waals surface area (Å²) < 4.78 is 12.0. The molecule has 4 nitrogen and oxygen atoms in total. The molecule has 0 aromatic carbocycles. The lowest BCUT2D eigenvalue weighted by atomic mass is 9.84. The van der Waals surface area contributed by atoms with E-state index in [1.54, 1.807) is 0 Å². The van der Waals surface area contributed by atoms with E-state index in [1.807, 2.05) is 11.8 Å². The molecule has 0 N–H and O–H groups in total. The fourth-order valence-corrected chi connectivity index (χ4v) is 6.62. The van der Waals surface area contributed by atoms with E-state index in [1.165, 1.54) is 6.92 Å². The van der Waals surface area contributed by atoms with Gasteiger partial charge in [-0.3, -0.25) is 9.59 Å². The van der Waals surface area contributed by atoms with Crippen molar-refractivity contribution >= 4 is 31.8 Å². The zero-order chi connectivity index (χ0) is 18.8. The van der Waals surface area contributed by atoms with Gasteiger partial charge in [-0.05, 0) is 37.4 Å². The Morgan fingerprint density at radius 3 is 2.52 bits per heavy atom. The van der Waals surface area contributed by atoms with Crippen LogP contribution in [0.5, 0.6) is 0 Å². The molecule has 1 aliphatic carbocycles. The van der Waals surface area contributed by atoms with E-state index >= 15 is 0 Å². The zero-order valence-corrected chi connectivity index (χ0v) is 18.4. The highest BCUT2D eigenvalue weighted by atomic mass is 32.2. The summed E-state index contributed by atoms with van der Waals surface area (Å²) in [6, 6.07) is 0. The second-order valence-electron chi connectivity index (χ2n) is 8.99. The van der Waals surface area contributed by atoms with Crippen molar-refractivity contribution in [2.75, 3.05) is 6.61 Å². The van der Waals surface area contributed by atoms with Gasteiger partial charge < -0.3 is 9.16 Å². The van der Waals surface area contributed by atoms with Crippen LogP contribution in [0.3, 0.4) is 0 Å². The summed E-state index contributed by atoms with van der Waals surface area (Å²) in [6.45, 7) is 13.1. The Bertz CT molecular complexity index is 500. The molecule has 1 saturated heterocycles. The number of hydrogen-bond donors (Lipinski definition) is 0. The van der Waals surface area contributed by atoms with Crippen LogP contribution in [0.4, 0.5) is 0 Å². The third-order valence-electron chi connectivity index (χ3n) is 5.98. The quantitative estimate of drug-likeness (QED) is 0.511. The molecule has 1 heterocycles. The van der Waals surface area contributed by atoms with Crippen molar-refractivity contribution in [2.24, 2.45) is 5.92 Å². The monoisotopic (exact) mass is 386 g/mol. The van der Waals surface area contributed by atoms with Crippen molar-refractivity contribution in [3.8, 4) is 0 Å². The van der Waals surface area contributed by atoms with Gasteiger partial charge in [-0.1, -0.05) is 27.2 Å². The second-order valence-corrected chi connectivity index (χ2v) is 15.2. The average Bonchev–Trinajstić information content (AvgIpc) is 2.86. The molecule has 2 aliphatic rings. The van der Waals surface area contributed by atoms with Gasteiger partial charge in [0.15, 0.2) is 8.32 Å². The summed E-state index contributed by atoms with van der Waals surface area (Å²) >= 11 is 1.82. The highest BCUT2D eigenvalue weighted by Gasteiger charge is 2.47. The van der Waals surface area contributed by atoms with Gasteiger partial charge in [0.25, 0.3) is 0 Å². The highest BCUT2D eigenvalue weighted by molar-refractivity contribution is 8.00. The van der Waals surface area contributed by atoms with Crippen LogP contribution >= 0.6 is 11.8 Å². The van der Waals surface area contributed by atoms with Crippen molar-refractivity contribution in [3.05, 3.63) is 0 Å². The largest absolute Gasteiger partial charge is 0.465 e. The Kier molecular flexibility index (Phi) is 6.82. The molecular formula is C19H34O4SSi. The van der Waals surface area contributed by atoms with E-state index in [9.17, 15) is 9.59 Å². The zero-order valence-electron chi connectivity index (χ0n) is 16.6. The molecule has 1 aliphatic heterocycles. The molecule has 144 valence electrons. The van der Waals surface area contributed by atoms with Crippen LogP contribution in [0.1, 0.15) is 59.8 Å². The first kappa shape index (κ1) is 21.0. The molecule has 2 rings (SSSR count). The lowest BCUT2D eigenvalue weighted by Crippen LogP contribution is -2.46. The van der Waals surface area contributed by atoms with E-state index < -0.39 is 8.32 Å². The number of ether oxygens (including phenoxy) is 1. The number of rotatable bonds is 5. The maximum Gasteiger partial charge on any atom is 0.302 e. The van der Waals surface area contributed by atoms with Gasteiger partial charge >= 0.3 is 5.97 Å². The van der Waals surface area contributed by atoms with Gasteiger partial charge in [0.05, 0.1) is 11.4 Å². The van der Waals surface area contributed by atoms with Crippen molar-refractivity contribution in [3.63, 3.8) is 0 Å². The first-order valence-electron chi connectivity index (χ1n) is 9.50. The lowest BCUT2D eigenvalue weighted by Gasteiger charge is -2.39. The highest BCUT2D eigenvalue weighted by Crippen LogP contribution is 2.46. The maximum absolute atomic E-state index is 12.4. The topological polar surface area (TPSA) is 52.6 Å². The van der Waals surface area contributed by atoms with E-state index in [-0.39, 0.29) is 28.3 Å². The number of esters is 1. The molecule has 0 aromatic rings. The number of thioether (sulfide) groups is 1. The average molecular weight is 387 g/mol. The molecule has 0 aromatic heterocycles. The van der Waals surface area contributed by atoms with Gasteiger partial charge in [-0.15, -0.1) is 11.8 Å². The molecule has 1 unspecified atom stereocenters. The van der Waals surface area contributed by atoms with Crippen molar-refractivity contribution in [2.45, 2.75) is 94.5 Å². The Hall–Kier alpha value is -0.333. The van der Waals surface area contributed by atoms with Crippen LogP contribution in [0, 0.1) is 5.92 Å². The van der Waals surface area contributed by atoms with Gasteiger partial charge in [0.2, 0.25) is 0 Å². The minimum absolute atomic E-state index is 0.0740. The standard InChI is InChI=1S/C19H34O4SSi/c1-13(20)22-12-18-16(23-25(5,6)19(2,3)4)11-17(24-18)14-9-7-8-10-15(14)21/h14,16-18H,7-12H2,1-6H3/t14?,16-,17-,18+/m0/s1. The second kappa shape index (κ2) is 8.13. The summed E-state index contributed by atoms with van der Waals surface area (Å²) in [5.41, 5.74) is 0. The molecule has 25 heavy (non-hydrogen) atoms. The molecule has 0 amide bonds. The fraction of sp³-hybridized carbons (Fsp3) is 0.895. The van der Waals surface area contributed by atoms with Crippen LogP contribution in [0.2, 0.25) is 18.1 Å². The molecular weight excluding hydrogens is 352 g/mol. The number of carbonyl (C=O) groups excluding carboxylic acids is 2. The number of ketones is 1. The third kappa shape index (κ3) is 5.33. The Labute approximate surface area is 157 Å². The number of carbonyl (C=O) groups is 2. The van der Waals surface area contributed by atoms with Crippen molar-refractivity contribution in [1.29, 1.82) is 0 Å². The maximum atomic E-state index is 12.4. The van der Waals surface area contributed by atoms with Crippen molar-refractivity contribution < 1.29 is 18.8 Å². The Balaban J connectivity index is 2.10. The van der Waals surface area contributed by atoms with E-state index in [2.05, 4.69) is 33.9 Å². The Morgan fingerprint density at radius 1 is 1.28 bits per heavy atom. The van der Waals surface area contributed by atoms with E-state index in [0.29, 0.717) is 17.6 Å². The van der Waals surface area contributed by atoms with Gasteiger partial charge in [-0.2, -0.15) is 0 Å². The van der Waals surface area contributed by atoms with E-state index in [0.717, 1.165) is 32.1 Å². The predicted molar refractivity (Wildman–Crippen MR) is 105 cm³/mol. The van der Waals surface area contributed by atoms with Gasteiger partial charge in [-0.25, -0.2) is 0 Å². The minimum atomic E-state index is -1.90. The first-order chi connectivity index (χ1) is 11.5. The van der Waals surface area contributed by atoms with Crippen molar-refractivity contribution in [1.82, 2.24) is 0 Å². The normalized spacial score (nSPS) is 31.2. The summed E-state index contributed by atoms with van der Waals surface area (Å²) in [5, 5.41) is 0.587. The molecule has 4 atom stereocenters. The summed E-state index contributed by atoms with van der Waals surface area (Å²) in [5.74, 6) is 0.332. The number of hydrogen-bond acceptors (Lipinski definition) is 5. The molecule has 0 bridgehead atoms. The molecule has 1 saturated carbocycles. The lowest BCUT2D eigenvalue weighted by molar-refractivity contribution is -0.141. The minimum Gasteiger partial charge on any atom is -0.465 e. The third-order valence-corrected chi connectivity index (χ3v) is 12.1. The summed E-state index contributed by atoms with van der Waals surface area (Å²) in [7, 11) is -1.90. The van der Waals surface area contributed by atoms with Crippen LogP contribution < -0.4 is 0 Å². The fourth-order valence-electron chi connectivity index (χ4n) is 3.44. The Morgan fingerprint density at radius 2 is 1.96 bits per heavy atom. The summed E-state index contributed by atoms with van der Waals surface area (Å²) in [4.78, 5) is 23.6. The summed E-state index contributed by atoms with van der Waals surface area (Å²) in [6.07, 6.45) is 4.89. The first-order valence-corrected chi connectivity index (χ1v) is 13.4. The van der Waals surface area contributed by atoms with Crippen LogP contribution in [0.15, 0.2) is 0 Å². The van der Waals surface area contributed by atoms with Gasteiger partial charge in [0, 0.05) is 24.5 Å². The van der Waals surface area contributed by atoms with Crippen LogP contribution in [-0.4, -0.2) is 43.3 Å². The SMILES string of the molecule is CC(=O)OC[C@H]1S[C@H](C2CCCCC2=O)C[C@@H]1O[Si](C)(C)C(C)(C)C. The molecule has 0 spiro atoms. The molecule has 6 heteroatoms. The smallest absolute Gasteiger partial charge is 0.302 e. The van der Waals surface area contributed by atoms with E-state index in [4.69, 9.17) is 9.16 Å². The molecule has 0 radical (unpaired) electrons.